The third-order valence-corrected chi connectivity index (χ3v) is 4.71. The van der Waals surface area contributed by atoms with Crippen molar-refractivity contribution in [3.8, 4) is 0 Å². The van der Waals surface area contributed by atoms with Crippen LogP contribution in [0.4, 0.5) is 4.39 Å². The van der Waals surface area contributed by atoms with Crippen LogP contribution in [0.5, 0.6) is 0 Å². The second-order valence-corrected chi connectivity index (χ2v) is 6.25. The number of hydrogen-bond acceptors (Lipinski definition) is 2. The Morgan fingerprint density at radius 1 is 1.05 bits per heavy atom. The molecule has 2 fully saturated rings. The molecule has 114 valence electrons. The summed E-state index contributed by atoms with van der Waals surface area (Å²) in [5.74, 6) is 0.464. The van der Waals surface area contributed by atoms with Crippen LogP contribution in [0.25, 0.3) is 0 Å². The first-order valence-corrected chi connectivity index (χ1v) is 7.99. The lowest BCUT2D eigenvalue weighted by molar-refractivity contribution is 0.0673. The molecule has 0 aliphatic carbocycles. The van der Waals surface area contributed by atoms with Crippen LogP contribution in [-0.2, 0) is 0 Å². The van der Waals surface area contributed by atoms with Gasteiger partial charge in [-0.05, 0) is 69.0 Å². The lowest BCUT2D eigenvalue weighted by Gasteiger charge is -2.34. The van der Waals surface area contributed by atoms with Crippen molar-refractivity contribution in [2.45, 2.75) is 25.7 Å². The number of amides is 1. The SMILES string of the molecule is O=C(c1ccc(F)cc1)N1CCC(CN2CCCC2)CC1. The lowest BCUT2D eigenvalue weighted by Crippen LogP contribution is -2.41. The van der Waals surface area contributed by atoms with Gasteiger partial charge in [-0.1, -0.05) is 0 Å². The first-order chi connectivity index (χ1) is 10.2. The van der Waals surface area contributed by atoms with Gasteiger partial charge in [-0.15, -0.1) is 0 Å². The van der Waals surface area contributed by atoms with Gasteiger partial charge in [-0.2, -0.15) is 0 Å². The van der Waals surface area contributed by atoms with Crippen LogP contribution >= 0.6 is 0 Å². The molecule has 0 spiro atoms. The molecule has 2 heterocycles. The van der Waals surface area contributed by atoms with Gasteiger partial charge in [-0.25, -0.2) is 4.39 Å². The van der Waals surface area contributed by atoms with Gasteiger partial charge in [-0.3, -0.25) is 4.79 Å². The molecule has 3 rings (SSSR count). The minimum absolute atomic E-state index is 0.0367. The van der Waals surface area contributed by atoms with Gasteiger partial charge in [0, 0.05) is 25.2 Å². The molecule has 2 aliphatic rings. The van der Waals surface area contributed by atoms with E-state index in [4.69, 9.17) is 0 Å². The zero-order valence-corrected chi connectivity index (χ0v) is 12.4. The molecule has 2 aliphatic heterocycles. The summed E-state index contributed by atoms with van der Waals surface area (Å²) in [7, 11) is 0. The number of benzene rings is 1. The number of likely N-dealkylation sites (tertiary alicyclic amines) is 2. The van der Waals surface area contributed by atoms with Crippen LogP contribution in [-0.4, -0.2) is 48.4 Å². The largest absolute Gasteiger partial charge is 0.339 e. The smallest absolute Gasteiger partial charge is 0.253 e. The molecule has 0 aromatic heterocycles. The zero-order chi connectivity index (χ0) is 14.7. The molecule has 0 atom stereocenters. The molecule has 0 unspecified atom stereocenters. The van der Waals surface area contributed by atoms with Crippen molar-refractivity contribution in [1.82, 2.24) is 9.80 Å². The molecule has 1 aromatic carbocycles. The summed E-state index contributed by atoms with van der Waals surface area (Å²) < 4.78 is 12.9. The predicted molar refractivity (Wildman–Crippen MR) is 80.7 cm³/mol. The van der Waals surface area contributed by atoms with Crippen molar-refractivity contribution in [2.24, 2.45) is 5.92 Å². The summed E-state index contributed by atoms with van der Waals surface area (Å²) in [5, 5.41) is 0. The van der Waals surface area contributed by atoms with Gasteiger partial charge in [0.15, 0.2) is 0 Å². The van der Waals surface area contributed by atoms with E-state index < -0.39 is 0 Å². The predicted octanol–water partition coefficient (Wildman–Crippen LogP) is 2.77. The van der Waals surface area contributed by atoms with Crippen molar-refractivity contribution >= 4 is 5.91 Å². The Kier molecular flexibility index (Phi) is 4.54. The molecule has 2 saturated heterocycles. The van der Waals surface area contributed by atoms with Gasteiger partial charge >= 0.3 is 0 Å². The normalized spacial score (nSPS) is 20.9. The van der Waals surface area contributed by atoms with Crippen molar-refractivity contribution in [1.29, 1.82) is 0 Å². The van der Waals surface area contributed by atoms with E-state index in [9.17, 15) is 9.18 Å². The first kappa shape index (κ1) is 14.5. The van der Waals surface area contributed by atoms with Gasteiger partial charge in [0.05, 0.1) is 0 Å². The second-order valence-electron chi connectivity index (χ2n) is 6.25. The van der Waals surface area contributed by atoms with Gasteiger partial charge < -0.3 is 9.80 Å². The average Bonchev–Trinajstić information content (AvgIpc) is 3.01. The fraction of sp³-hybridized carbons (Fsp3) is 0.588. The van der Waals surface area contributed by atoms with Gasteiger partial charge in [0.2, 0.25) is 0 Å². The Morgan fingerprint density at radius 2 is 1.67 bits per heavy atom. The van der Waals surface area contributed by atoms with E-state index in [1.54, 1.807) is 12.1 Å². The van der Waals surface area contributed by atoms with Crippen LogP contribution in [0.2, 0.25) is 0 Å². The molecule has 0 bridgehead atoms. The molecular formula is C17H23FN2O. The maximum Gasteiger partial charge on any atom is 0.253 e. The number of piperidine rings is 1. The molecule has 0 N–H and O–H groups in total. The van der Waals surface area contributed by atoms with E-state index in [0.29, 0.717) is 5.56 Å². The summed E-state index contributed by atoms with van der Waals surface area (Å²) in [4.78, 5) is 16.8. The van der Waals surface area contributed by atoms with Crippen LogP contribution in [0.3, 0.4) is 0 Å². The van der Waals surface area contributed by atoms with Crippen molar-refractivity contribution in [3.05, 3.63) is 35.6 Å². The highest BCUT2D eigenvalue weighted by molar-refractivity contribution is 5.94. The van der Waals surface area contributed by atoms with E-state index >= 15 is 0 Å². The summed E-state index contributed by atoms with van der Waals surface area (Å²) in [6, 6.07) is 5.86. The van der Waals surface area contributed by atoms with E-state index in [2.05, 4.69) is 4.90 Å². The van der Waals surface area contributed by atoms with Crippen molar-refractivity contribution in [2.75, 3.05) is 32.7 Å². The van der Waals surface area contributed by atoms with Crippen LogP contribution in [0.1, 0.15) is 36.0 Å². The fourth-order valence-electron chi connectivity index (χ4n) is 3.42. The molecule has 1 aromatic rings. The van der Waals surface area contributed by atoms with E-state index in [0.717, 1.165) is 31.8 Å². The topological polar surface area (TPSA) is 23.6 Å². The Labute approximate surface area is 125 Å². The standard InChI is InChI=1S/C17H23FN2O/c18-16-5-3-15(4-6-16)17(21)20-11-7-14(8-12-20)13-19-9-1-2-10-19/h3-6,14H,1-2,7-13H2. The van der Waals surface area contributed by atoms with Gasteiger partial charge in [0.25, 0.3) is 5.91 Å². The van der Waals surface area contributed by atoms with Crippen molar-refractivity contribution < 1.29 is 9.18 Å². The Morgan fingerprint density at radius 3 is 2.29 bits per heavy atom. The highest BCUT2D eigenvalue weighted by atomic mass is 19.1. The highest BCUT2D eigenvalue weighted by Gasteiger charge is 2.25. The molecule has 3 nitrogen and oxygen atoms in total. The van der Waals surface area contributed by atoms with E-state index in [1.165, 1.54) is 44.6 Å². The Bertz CT molecular complexity index is 474. The quantitative estimate of drug-likeness (QED) is 0.854. The Balaban J connectivity index is 1.50. The maximum absolute atomic E-state index is 12.9. The zero-order valence-electron chi connectivity index (χ0n) is 12.4. The third-order valence-electron chi connectivity index (χ3n) is 4.71. The molecule has 1 amide bonds. The Hall–Kier alpha value is -1.42. The van der Waals surface area contributed by atoms with Crippen LogP contribution in [0, 0.1) is 11.7 Å². The minimum Gasteiger partial charge on any atom is -0.339 e. The molecule has 0 radical (unpaired) electrons. The monoisotopic (exact) mass is 290 g/mol. The minimum atomic E-state index is -0.295. The number of nitrogens with zero attached hydrogens (tertiary/aromatic N) is 2. The van der Waals surface area contributed by atoms with Crippen LogP contribution in [0.15, 0.2) is 24.3 Å². The highest BCUT2D eigenvalue weighted by Crippen LogP contribution is 2.22. The summed E-state index contributed by atoms with van der Waals surface area (Å²) in [6.45, 7) is 5.34. The number of carbonyl (C=O) groups excluding carboxylic acids is 1. The number of halogens is 1. The molecule has 4 heteroatoms. The van der Waals surface area contributed by atoms with E-state index in [1.807, 2.05) is 4.90 Å². The molecule has 21 heavy (non-hydrogen) atoms. The lowest BCUT2D eigenvalue weighted by atomic mass is 9.95. The average molecular weight is 290 g/mol. The third kappa shape index (κ3) is 3.62. The summed E-state index contributed by atoms with van der Waals surface area (Å²) in [6.07, 6.45) is 4.84. The van der Waals surface area contributed by atoms with Crippen molar-refractivity contribution in [3.63, 3.8) is 0 Å². The van der Waals surface area contributed by atoms with E-state index in [-0.39, 0.29) is 11.7 Å². The fourth-order valence-corrected chi connectivity index (χ4v) is 3.42. The molecule has 0 saturated carbocycles. The number of hydrogen-bond donors (Lipinski definition) is 0. The number of rotatable bonds is 3. The molecular weight excluding hydrogens is 267 g/mol. The van der Waals surface area contributed by atoms with Crippen LogP contribution < -0.4 is 0 Å². The number of carbonyl (C=O) groups is 1. The summed E-state index contributed by atoms with van der Waals surface area (Å²) >= 11 is 0. The first-order valence-electron chi connectivity index (χ1n) is 7.99. The van der Waals surface area contributed by atoms with Gasteiger partial charge in [0.1, 0.15) is 5.82 Å². The maximum atomic E-state index is 12.9. The second kappa shape index (κ2) is 6.56. The summed E-state index contributed by atoms with van der Waals surface area (Å²) in [5.41, 5.74) is 0.592.